The maximum absolute atomic E-state index is 12.6. The van der Waals surface area contributed by atoms with Gasteiger partial charge in [0, 0.05) is 37.6 Å². The zero-order valence-corrected chi connectivity index (χ0v) is 16.0. The summed E-state index contributed by atoms with van der Waals surface area (Å²) in [6.07, 6.45) is 0.976. The van der Waals surface area contributed by atoms with Crippen molar-refractivity contribution < 1.29 is 4.79 Å². The Hall–Kier alpha value is -1.76. The Balaban J connectivity index is 1.26. The number of carbonyl (C=O) groups is 1. The van der Waals surface area contributed by atoms with Crippen molar-refractivity contribution in [2.24, 2.45) is 17.6 Å². The van der Waals surface area contributed by atoms with Gasteiger partial charge in [0.2, 0.25) is 0 Å². The average Bonchev–Trinajstić information content (AvgIpc) is 3.34. The molecule has 2 fully saturated rings. The number of aryl methyl sites for hydroxylation is 1. The van der Waals surface area contributed by atoms with Crippen molar-refractivity contribution in [1.82, 2.24) is 14.8 Å². The second kappa shape index (κ2) is 7.47. The van der Waals surface area contributed by atoms with Crippen molar-refractivity contribution in [3.05, 3.63) is 52.0 Å². The van der Waals surface area contributed by atoms with E-state index in [0.29, 0.717) is 17.5 Å². The molecule has 1 aromatic carbocycles. The standard InChI is InChI=1S/C20H26N4OS/c1-14-22-19(13-26-14)20(25)24-11-16-9-23(10-17(16)12-24)8-7-18(21)15-5-3-2-4-6-15/h2-6,13,16-18H,7-12,21H2,1H3/t16?,17?,18-/m0/s1. The first-order valence-electron chi connectivity index (χ1n) is 9.34. The maximum Gasteiger partial charge on any atom is 0.273 e. The number of likely N-dealkylation sites (tertiary alicyclic amines) is 2. The zero-order chi connectivity index (χ0) is 18.1. The quantitative estimate of drug-likeness (QED) is 0.879. The summed E-state index contributed by atoms with van der Waals surface area (Å²) in [7, 11) is 0. The Bertz CT molecular complexity index is 748. The molecule has 4 rings (SSSR count). The van der Waals surface area contributed by atoms with Crippen molar-refractivity contribution in [1.29, 1.82) is 0 Å². The van der Waals surface area contributed by atoms with E-state index in [1.807, 2.05) is 35.4 Å². The van der Waals surface area contributed by atoms with Crippen molar-refractivity contribution in [2.75, 3.05) is 32.7 Å². The van der Waals surface area contributed by atoms with Crippen LogP contribution in [0.4, 0.5) is 0 Å². The molecule has 0 spiro atoms. The van der Waals surface area contributed by atoms with Gasteiger partial charge in [-0.3, -0.25) is 4.79 Å². The molecule has 0 bridgehead atoms. The molecule has 3 heterocycles. The molecule has 1 aromatic heterocycles. The third kappa shape index (κ3) is 3.68. The molecule has 2 aromatic rings. The topological polar surface area (TPSA) is 62.5 Å². The number of amides is 1. The summed E-state index contributed by atoms with van der Waals surface area (Å²) in [6.45, 7) is 6.85. The van der Waals surface area contributed by atoms with Crippen molar-refractivity contribution >= 4 is 17.2 Å². The van der Waals surface area contributed by atoms with Gasteiger partial charge in [0.05, 0.1) is 5.01 Å². The molecule has 6 heteroatoms. The number of fused-ring (bicyclic) bond motifs is 1. The van der Waals surface area contributed by atoms with Gasteiger partial charge in [-0.2, -0.15) is 0 Å². The van der Waals surface area contributed by atoms with Crippen LogP contribution in [0, 0.1) is 18.8 Å². The van der Waals surface area contributed by atoms with Crippen LogP contribution < -0.4 is 5.73 Å². The van der Waals surface area contributed by atoms with Crippen LogP contribution in [0.1, 0.15) is 33.5 Å². The van der Waals surface area contributed by atoms with Gasteiger partial charge >= 0.3 is 0 Å². The second-order valence-electron chi connectivity index (χ2n) is 7.55. The first kappa shape index (κ1) is 17.6. The molecule has 5 nitrogen and oxygen atoms in total. The van der Waals surface area contributed by atoms with E-state index in [1.54, 1.807) is 11.3 Å². The summed E-state index contributed by atoms with van der Waals surface area (Å²) in [4.78, 5) is 21.4. The van der Waals surface area contributed by atoms with Crippen LogP contribution in [0.15, 0.2) is 35.7 Å². The van der Waals surface area contributed by atoms with Gasteiger partial charge in [0.15, 0.2) is 0 Å². The first-order chi connectivity index (χ1) is 12.6. The normalized spacial score (nSPS) is 24.0. The van der Waals surface area contributed by atoms with Crippen LogP contribution in [0.3, 0.4) is 0 Å². The van der Waals surface area contributed by atoms with Gasteiger partial charge in [-0.05, 0) is 37.3 Å². The SMILES string of the molecule is Cc1nc(C(=O)N2CC3CN(CC[C@H](N)c4ccccc4)CC3C2)cs1. The largest absolute Gasteiger partial charge is 0.337 e. The zero-order valence-electron chi connectivity index (χ0n) is 15.2. The fraction of sp³-hybridized carbons (Fsp3) is 0.500. The summed E-state index contributed by atoms with van der Waals surface area (Å²) in [5.74, 6) is 1.28. The molecule has 0 saturated carbocycles. The maximum atomic E-state index is 12.6. The van der Waals surface area contributed by atoms with E-state index in [9.17, 15) is 4.79 Å². The van der Waals surface area contributed by atoms with E-state index in [-0.39, 0.29) is 11.9 Å². The fourth-order valence-corrected chi connectivity index (χ4v) is 4.84. The fourth-order valence-electron chi connectivity index (χ4n) is 4.25. The Labute approximate surface area is 158 Å². The molecule has 26 heavy (non-hydrogen) atoms. The molecule has 138 valence electrons. The third-order valence-electron chi connectivity index (χ3n) is 5.67. The lowest BCUT2D eigenvalue weighted by molar-refractivity contribution is 0.0768. The highest BCUT2D eigenvalue weighted by Gasteiger charge is 2.41. The smallest absolute Gasteiger partial charge is 0.273 e. The van der Waals surface area contributed by atoms with Gasteiger partial charge in [0.1, 0.15) is 5.69 Å². The summed E-state index contributed by atoms with van der Waals surface area (Å²) in [5, 5.41) is 2.83. The number of hydrogen-bond donors (Lipinski definition) is 1. The first-order valence-corrected chi connectivity index (χ1v) is 10.2. The van der Waals surface area contributed by atoms with E-state index >= 15 is 0 Å². The number of hydrogen-bond acceptors (Lipinski definition) is 5. The monoisotopic (exact) mass is 370 g/mol. The molecule has 2 N–H and O–H groups in total. The molecule has 2 aliphatic rings. The molecule has 3 atom stereocenters. The number of thiazole rings is 1. The van der Waals surface area contributed by atoms with Crippen LogP contribution >= 0.6 is 11.3 Å². The lowest BCUT2D eigenvalue weighted by atomic mass is 10.0. The van der Waals surface area contributed by atoms with Crippen LogP contribution in [0.2, 0.25) is 0 Å². The Kier molecular flexibility index (Phi) is 5.07. The molecule has 2 unspecified atom stereocenters. The number of nitrogens with two attached hydrogens (primary N) is 1. The summed E-state index contributed by atoms with van der Waals surface area (Å²) in [6, 6.07) is 10.4. The Morgan fingerprint density at radius 1 is 1.23 bits per heavy atom. The van der Waals surface area contributed by atoms with Gasteiger partial charge < -0.3 is 15.5 Å². The van der Waals surface area contributed by atoms with Gasteiger partial charge in [0.25, 0.3) is 5.91 Å². The van der Waals surface area contributed by atoms with E-state index in [0.717, 1.165) is 44.2 Å². The molecule has 0 aliphatic carbocycles. The predicted octanol–water partition coefficient (Wildman–Crippen LogP) is 2.55. The summed E-state index contributed by atoms with van der Waals surface area (Å²) >= 11 is 1.54. The predicted molar refractivity (Wildman–Crippen MR) is 104 cm³/mol. The van der Waals surface area contributed by atoms with Crippen LogP contribution in [0.5, 0.6) is 0 Å². The van der Waals surface area contributed by atoms with E-state index in [4.69, 9.17) is 5.73 Å². The molecule has 2 saturated heterocycles. The highest BCUT2D eigenvalue weighted by Crippen LogP contribution is 2.32. The number of nitrogens with zero attached hydrogens (tertiary/aromatic N) is 3. The van der Waals surface area contributed by atoms with Crippen molar-refractivity contribution in [2.45, 2.75) is 19.4 Å². The molecular formula is C20H26N4OS. The molecular weight excluding hydrogens is 344 g/mol. The summed E-state index contributed by atoms with van der Waals surface area (Å²) < 4.78 is 0. The number of rotatable bonds is 5. The highest BCUT2D eigenvalue weighted by molar-refractivity contribution is 7.09. The summed E-state index contributed by atoms with van der Waals surface area (Å²) in [5.41, 5.74) is 8.15. The van der Waals surface area contributed by atoms with Crippen LogP contribution in [-0.4, -0.2) is 53.4 Å². The number of benzene rings is 1. The van der Waals surface area contributed by atoms with Gasteiger partial charge in [-0.25, -0.2) is 4.98 Å². The van der Waals surface area contributed by atoms with Gasteiger partial charge in [-0.1, -0.05) is 30.3 Å². The van der Waals surface area contributed by atoms with Gasteiger partial charge in [-0.15, -0.1) is 11.3 Å². The lowest BCUT2D eigenvalue weighted by Gasteiger charge is -2.22. The minimum absolute atomic E-state index is 0.0985. The number of carbonyl (C=O) groups excluding carboxylic acids is 1. The molecule has 0 radical (unpaired) electrons. The van der Waals surface area contributed by atoms with Crippen LogP contribution in [0.25, 0.3) is 0 Å². The van der Waals surface area contributed by atoms with Crippen molar-refractivity contribution in [3.63, 3.8) is 0 Å². The van der Waals surface area contributed by atoms with E-state index in [1.165, 1.54) is 5.56 Å². The molecule has 1 amide bonds. The highest BCUT2D eigenvalue weighted by atomic mass is 32.1. The lowest BCUT2D eigenvalue weighted by Crippen LogP contribution is -2.34. The van der Waals surface area contributed by atoms with Crippen molar-refractivity contribution in [3.8, 4) is 0 Å². The van der Waals surface area contributed by atoms with E-state index < -0.39 is 0 Å². The van der Waals surface area contributed by atoms with E-state index in [2.05, 4.69) is 22.0 Å². The third-order valence-corrected chi connectivity index (χ3v) is 6.44. The Morgan fingerprint density at radius 3 is 2.54 bits per heavy atom. The van der Waals surface area contributed by atoms with Crippen LogP contribution in [-0.2, 0) is 0 Å². The second-order valence-corrected chi connectivity index (χ2v) is 8.61. The minimum Gasteiger partial charge on any atom is -0.337 e. The molecule has 2 aliphatic heterocycles. The average molecular weight is 371 g/mol. The minimum atomic E-state index is 0.0985. The Morgan fingerprint density at radius 2 is 1.92 bits per heavy atom. The number of aromatic nitrogens is 1.